The van der Waals surface area contributed by atoms with Crippen molar-refractivity contribution in [2.24, 2.45) is 10.2 Å². The van der Waals surface area contributed by atoms with Crippen LogP contribution in [0.25, 0.3) is 0 Å². The predicted octanol–water partition coefficient (Wildman–Crippen LogP) is 4.77. The molecule has 0 saturated heterocycles. The Labute approximate surface area is 126 Å². The number of aromatic hydroxyl groups is 1. The number of phenols is 1. The number of hydrogen-bond acceptors (Lipinski definition) is 4. The minimum absolute atomic E-state index is 0.0161. The third-order valence-corrected chi connectivity index (χ3v) is 3.09. The zero-order chi connectivity index (χ0) is 16.3. The zero-order valence-electron chi connectivity index (χ0n) is 12.1. The van der Waals surface area contributed by atoms with E-state index in [1.807, 2.05) is 13.8 Å². The van der Waals surface area contributed by atoms with Crippen LogP contribution in [0.1, 0.15) is 35.7 Å². The normalized spacial score (nSPS) is 11.3. The minimum atomic E-state index is -1.25. The maximum atomic E-state index is 13.6. The second kappa shape index (κ2) is 6.34. The molecule has 0 saturated carbocycles. The first-order valence-corrected chi connectivity index (χ1v) is 6.66. The van der Waals surface area contributed by atoms with E-state index in [4.69, 9.17) is 5.11 Å². The molecule has 0 aliphatic carbocycles. The Balaban J connectivity index is 2.31. The minimum Gasteiger partial charge on any atom is -0.507 e. The summed E-state index contributed by atoms with van der Waals surface area (Å²) in [6, 6.07) is 8.31. The Morgan fingerprint density at radius 3 is 2.27 bits per heavy atom. The summed E-state index contributed by atoms with van der Waals surface area (Å²) >= 11 is 0. The lowest BCUT2D eigenvalue weighted by Gasteiger charge is -2.07. The fraction of sp³-hybridized carbons (Fsp3) is 0.188. The lowest BCUT2D eigenvalue weighted by atomic mass is 10.0. The van der Waals surface area contributed by atoms with Crippen molar-refractivity contribution in [1.29, 1.82) is 0 Å². The molecule has 6 heteroatoms. The molecular weight excluding hydrogens is 287 g/mol. The predicted molar refractivity (Wildman–Crippen MR) is 79.7 cm³/mol. The van der Waals surface area contributed by atoms with E-state index in [0.29, 0.717) is 11.3 Å². The molecule has 0 fully saturated rings. The van der Waals surface area contributed by atoms with Crippen LogP contribution in [0.2, 0.25) is 0 Å². The number of halogens is 1. The molecule has 0 unspecified atom stereocenters. The molecule has 0 radical (unpaired) electrons. The van der Waals surface area contributed by atoms with Crippen molar-refractivity contribution in [3.05, 3.63) is 53.3 Å². The van der Waals surface area contributed by atoms with Gasteiger partial charge in [0.1, 0.15) is 17.1 Å². The van der Waals surface area contributed by atoms with E-state index in [9.17, 15) is 14.3 Å². The van der Waals surface area contributed by atoms with E-state index in [2.05, 4.69) is 10.2 Å². The van der Waals surface area contributed by atoms with Gasteiger partial charge in [0.2, 0.25) is 0 Å². The standard InChI is InChI=1S/C16H15FN2O3/c1-9(2)12-7-10(3-5-14(12)17)18-19-11-4-6-15(20)13(8-11)16(21)22/h3-9,20H,1-2H3,(H,21,22)/b19-18+. The third-order valence-electron chi connectivity index (χ3n) is 3.09. The average molecular weight is 302 g/mol. The molecule has 22 heavy (non-hydrogen) atoms. The van der Waals surface area contributed by atoms with Crippen LogP contribution in [0.4, 0.5) is 15.8 Å². The van der Waals surface area contributed by atoms with Gasteiger partial charge in [-0.05, 0) is 47.9 Å². The van der Waals surface area contributed by atoms with Gasteiger partial charge in [0, 0.05) is 0 Å². The summed E-state index contributed by atoms with van der Waals surface area (Å²) < 4.78 is 13.6. The summed E-state index contributed by atoms with van der Waals surface area (Å²) in [6.45, 7) is 3.75. The number of azo groups is 1. The Kier molecular flexibility index (Phi) is 4.50. The molecule has 0 spiro atoms. The smallest absolute Gasteiger partial charge is 0.339 e. The second-order valence-electron chi connectivity index (χ2n) is 5.07. The molecule has 0 bridgehead atoms. The van der Waals surface area contributed by atoms with Gasteiger partial charge in [0.05, 0.1) is 11.4 Å². The number of rotatable bonds is 4. The molecule has 0 heterocycles. The molecule has 0 aliphatic heterocycles. The van der Waals surface area contributed by atoms with E-state index < -0.39 is 5.97 Å². The zero-order valence-corrected chi connectivity index (χ0v) is 12.1. The van der Waals surface area contributed by atoms with Crippen molar-refractivity contribution < 1.29 is 19.4 Å². The van der Waals surface area contributed by atoms with Crippen LogP contribution in [0.3, 0.4) is 0 Å². The van der Waals surface area contributed by atoms with Crippen molar-refractivity contribution in [2.45, 2.75) is 19.8 Å². The SMILES string of the molecule is CC(C)c1cc(/N=N/c2ccc(O)c(C(=O)O)c2)ccc1F. The van der Waals surface area contributed by atoms with Gasteiger partial charge in [0.25, 0.3) is 0 Å². The number of aromatic carboxylic acids is 1. The van der Waals surface area contributed by atoms with Gasteiger partial charge >= 0.3 is 5.97 Å². The summed E-state index contributed by atoms with van der Waals surface area (Å²) in [6.07, 6.45) is 0. The van der Waals surface area contributed by atoms with Crippen LogP contribution in [-0.4, -0.2) is 16.2 Å². The van der Waals surface area contributed by atoms with Crippen molar-refractivity contribution in [2.75, 3.05) is 0 Å². The highest BCUT2D eigenvalue weighted by molar-refractivity contribution is 5.91. The summed E-state index contributed by atoms with van der Waals surface area (Å²) in [5, 5.41) is 26.2. The first kappa shape index (κ1) is 15.6. The van der Waals surface area contributed by atoms with E-state index in [0.717, 1.165) is 0 Å². The topological polar surface area (TPSA) is 82.2 Å². The lowest BCUT2D eigenvalue weighted by molar-refractivity contribution is 0.0694. The Hall–Kier alpha value is -2.76. The second-order valence-corrected chi connectivity index (χ2v) is 5.07. The molecule has 0 amide bonds. The molecule has 2 N–H and O–H groups in total. The number of carbonyl (C=O) groups is 1. The highest BCUT2D eigenvalue weighted by atomic mass is 19.1. The van der Waals surface area contributed by atoms with Crippen molar-refractivity contribution in [3.63, 3.8) is 0 Å². The number of hydrogen-bond donors (Lipinski definition) is 2. The molecule has 5 nitrogen and oxygen atoms in total. The number of benzene rings is 2. The number of nitrogens with zero attached hydrogens (tertiary/aromatic N) is 2. The van der Waals surface area contributed by atoms with Crippen LogP contribution >= 0.6 is 0 Å². The summed E-state index contributed by atoms with van der Waals surface area (Å²) in [5.41, 5.74) is 1.03. The number of carboxylic acid groups (broad SMARTS) is 1. The van der Waals surface area contributed by atoms with E-state index in [1.165, 1.54) is 30.3 Å². The molecule has 114 valence electrons. The van der Waals surface area contributed by atoms with Gasteiger partial charge in [-0.3, -0.25) is 0 Å². The summed E-state index contributed by atoms with van der Waals surface area (Å²) in [4.78, 5) is 10.9. The third kappa shape index (κ3) is 3.46. The Morgan fingerprint density at radius 1 is 1.09 bits per heavy atom. The van der Waals surface area contributed by atoms with Crippen molar-refractivity contribution in [1.82, 2.24) is 0 Å². The molecule has 0 aliphatic rings. The maximum absolute atomic E-state index is 13.6. The molecule has 2 aromatic rings. The number of carboxylic acids is 1. The van der Waals surface area contributed by atoms with Crippen LogP contribution < -0.4 is 0 Å². The largest absolute Gasteiger partial charge is 0.507 e. The molecule has 2 aromatic carbocycles. The molecule has 0 aromatic heterocycles. The van der Waals surface area contributed by atoms with Crippen LogP contribution in [0.15, 0.2) is 46.6 Å². The van der Waals surface area contributed by atoms with Gasteiger partial charge in [-0.25, -0.2) is 9.18 Å². The fourth-order valence-electron chi connectivity index (χ4n) is 1.91. The van der Waals surface area contributed by atoms with Crippen molar-refractivity contribution >= 4 is 17.3 Å². The maximum Gasteiger partial charge on any atom is 0.339 e. The van der Waals surface area contributed by atoms with Gasteiger partial charge in [0.15, 0.2) is 0 Å². The van der Waals surface area contributed by atoms with Crippen LogP contribution in [0.5, 0.6) is 5.75 Å². The van der Waals surface area contributed by atoms with Gasteiger partial charge in [-0.15, -0.1) is 0 Å². The van der Waals surface area contributed by atoms with Gasteiger partial charge in [-0.1, -0.05) is 13.8 Å². The summed E-state index contributed by atoms with van der Waals surface area (Å²) in [7, 11) is 0. The highest BCUT2D eigenvalue weighted by Gasteiger charge is 2.10. The van der Waals surface area contributed by atoms with Crippen molar-refractivity contribution in [3.8, 4) is 5.75 Å². The van der Waals surface area contributed by atoms with Gasteiger partial charge in [-0.2, -0.15) is 10.2 Å². The first-order chi connectivity index (χ1) is 10.4. The highest BCUT2D eigenvalue weighted by Crippen LogP contribution is 2.27. The summed E-state index contributed by atoms with van der Waals surface area (Å²) in [5.74, 6) is -1.87. The average Bonchev–Trinajstić information content (AvgIpc) is 2.47. The van der Waals surface area contributed by atoms with E-state index in [-0.39, 0.29) is 28.7 Å². The first-order valence-electron chi connectivity index (χ1n) is 6.66. The Bertz CT molecular complexity index is 742. The quantitative estimate of drug-likeness (QED) is 0.798. The van der Waals surface area contributed by atoms with Gasteiger partial charge < -0.3 is 10.2 Å². The molecular formula is C16H15FN2O3. The van der Waals surface area contributed by atoms with E-state index in [1.54, 1.807) is 6.07 Å². The lowest BCUT2D eigenvalue weighted by Crippen LogP contribution is -1.95. The fourth-order valence-corrected chi connectivity index (χ4v) is 1.91. The van der Waals surface area contributed by atoms with Crippen LogP contribution in [-0.2, 0) is 0 Å². The van der Waals surface area contributed by atoms with Crippen LogP contribution in [0, 0.1) is 5.82 Å². The monoisotopic (exact) mass is 302 g/mol. The Morgan fingerprint density at radius 2 is 1.68 bits per heavy atom. The molecule has 2 rings (SSSR count). The molecule has 0 atom stereocenters. The van der Waals surface area contributed by atoms with E-state index >= 15 is 0 Å².